The lowest BCUT2D eigenvalue weighted by Gasteiger charge is -2.09. The van der Waals surface area contributed by atoms with E-state index in [1.54, 1.807) is 0 Å². The van der Waals surface area contributed by atoms with E-state index in [9.17, 15) is 0 Å². The van der Waals surface area contributed by atoms with Gasteiger partial charge in [0, 0.05) is 19.1 Å². The zero-order chi connectivity index (χ0) is 6.69. The summed E-state index contributed by atoms with van der Waals surface area (Å²) in [5.74, 6) is 0.572. The van der Waals surface area contributed by atoms with E-state index in [4.69, 9.17) is 5.73 Å². The number of nitrogens with zero attached hydrogens (tertiary/aromatic N) is 1. The number of hydrogen-bond acceptors (Lipinski definition) is 1. The van der Waals surface area contributed by atoms with Crippen molar-refractivity contribution >= 4 is 0 Å². The average molecular weight is 125 g/mol. The summed E-state index contributed by atoms with van der Waals surface area (Å²) in [6.07, 6.45) is 2.94. The largest absolute Gasteiger partial charge is 0.326 e. The molecule has 0 aromatic rings. The molecule has 0 aromatic carbocycles. The van der Waals surface area contributed by atoms with Gasteiger partial charge >= 0.3 is 0 Å². The van der Waals surface area contributed by atoms with Crippen LogP contribution in [0.4, 0.5) is 0 Å². The Bertz CT molecular complexity index is 101. The van der Waals surface area contributed by atoms with Gasteiger partial charge in [-0.15, -0.1) is 6.58 Å². The van der Waals surface area contributed by atoms with Gasteiger partial charge in [0.25, 0.3) is 0 Å². The van der Waals surface area contributed by atoms with Gasteiger partial charge in [-0.25, -0.2) is 5.32 Å². The minimum Gasteiger partial charge on any atom is -0.326 e. The topological polar surface area (TPSA) is 40.1 Å². The van der Waals surface area contributed by atoms with E-state index in [1.807, 2.05) is 6.08 Å². The van der Waals surface area contributed by atoms with Crippen LogP contribution in [0.3, 0.4) is 0 Å². The van der Waals surface area contributed by atoms with Crippen molar-refractivity contribution in [1.82, 2.24) is 5.32 Å². The second-order valence-corrected chi connectivity index (χ2v) is 2.54. The highest BCUT2D eigenvalue weighted by atomic mass is 15.0. The molecule has 1 aliphatic heterocycles. The molecule has 1 fully saturated rings. The Morgan fingerprint density at radius 2 is 2.44 bits per heavy atom. The van der Waals surface area contributed by atoms with Gasteiger partial charge in [-0.1, -0.05) is 6.08 Å². The number of nitrogens with two attached hydrogens (primary N) is 1. The highest BCUT2D eigenvalue weighted by molar-refractivity contribution is 4.87. The zero-order valence-electron chi connectivity index (χ0n) is 5.59. The molecule has 0 saturated carbocycles. The Morgan fingerprint density at radius 3 is 2.89 bits per heavy atom. The first-order valence-corrected chi connectivity index (χ1v) is 3.34. The summed E-state index contributed by atoms with van der Waals surface area (Å²) in [7, 11) is 0. The molecule has 1 saturated heterocycles. The molecule has 0 bridgehead atoms. The highest BCUT2D eigenvalue weighted by Crippen LogP contribution is 2.11. The van der Waals surface area contributed by atoms with Crippen LogP contribution in [-0.2, 0) is 0 Å². The third-order valence-corrected chi connectivity index (χ3v) is 1.78. The minimum atomic E-state index is 0.294. The second-order valence-electron chi connectivity index (χ2n) is 2.54. The predicted octanol–water partition coefficient (Wildman–Crippen LogP) is 0.124. The van der Waals surface area contributed by atoms with Gasteiger partial charge in [-0.05, 0) is 12.3 Å². The molecule has 2 N–H and O–H groups in total. The van der Waals surface area contributed by atoms with Gasteiger partial charge in [0.1, 0.15) is 0 Å². The number of hydrogen-bond donors (Lipinski definition) is 1. The molecule has 2 nitrogen and oxygen atoms in total. The Balaban J connectivity index is 2.30. The molecule has 2 unspecified atom stereocenters. The maximum atomic E-state index is 5.72. The van der Waals surface area contributed by atoms with E-state index in [-0.39, 0.29) is 0 Å². The Labute approximate surface area is 56.1 Å². The van der Waals surface area contributed by atoms with Gasteiger partial charge < -0.3 is 5.73 Å². The first kappa shape index (κ1) is 6.78. The molecule has 9 heavy (non-hydrogen) atoms. The van der Waals surface area contributed by atoms with Crippen LogP contribution in [-0.4, -0.2) is 19.1 Å². The maximum Gasteiger partial charge on any atom is 0.0288 e. The van der Waals surface area contributed by atoms with Crippen molar-refractivity contribution in [1.29, 1.82) is 0 Å². The normalized spacial score (nSPS) is 34.8. The average Bonchev–Trinajstić information content (AvgIpc) is 2.18. The van der Waals surface area contributed by atoms with Crippen LogP contribution < -0.4 is 11.1 Å². The van der Waals surface area contributed by atoms with Gasteiger partial charge in [0.2, 0.25) is 0 Å². The van der Waals surface area contributed by atoms with E-state index in [1.165, 1.54) is 0 Å². The Hall–Kier alpha value is -0.340. The second kappa shape index (κ2) is 2.99. The monoisotopic (exact) mass is 125 g/mol. The van der Waals surface area contributed by atoms with E-state index < -0.39 is 0 Å². The summed E-state index contributed by atoms with van der Waals surface area (Å²) < 4.78 is 0. The molecule has 0 aromatic heterocycles. The third kappa shape index (κ3) is 1.53. The molecule has 2 heteroatoms. The first-order chi connectivity index (χ1) is 4.34. The lowest BCUT2D eigenvalue weighted by Crippen LogP contribution is -2.28. The smallest absolute Gasteiger partial charge is 0.0288 e. The van der Waals surface area contributed by atoms with Crippen molar-refractivity contribution < 1.29 is 0 Å². The molecule has 1 aliphatic rings. The van der Waals surface area contributed by atoms with Crippen LogP contribution >= 0.6 is 0 Å². The summed E-state index contributed by atoms with van der Waals surface area (Å²) in [5.41, 5.74) is 5.72. The van der Waals surface area contributed by atoms with Crippen LogP contribution in [0, 0.1) is 5.92 Å². The number of allylic oxidation sites excluding steroid dienone is 1. The van der Waals surface area contributed by atoms with Crippen molar-refractivity contribution in [3.63, 3.8) is 0 Å². The lowest BCUT2D eigenvalue weighted by molar-refractivity contribution is 0.521. The highest BCUT2D eigenvalue weighted by Gasteiger charge is 2.22. The standard InChI is InChI=1S/C7H13N2/c1-2-3-6-4-9-5-7(6)8/h2,6-7H,1,3-5,8H2. The molecular weight excluding hydrogens is 112 g/mol. The van der Waals surface area contributed by atoms with Crippen LogP contribution in [0.25, 0.3) is 0 Å². The quantitative estimate of drug-likeness (QED) is 0.523. The first-order valence-electron chi connectivity index (χ1n) is 3.34. The van der Waals surface area contributed by atoms with Crippen molar-refractivity contribution in [3.05, 3.63) is 12.7 Å². The summed E-state index contributed by atoms with van der Waals surface area (Å²) in [4.78, 5) is 0. The van der Waals surface area contributed by atoms with Gasteiger partial charge in [0.15, 0.2) is 0 Å². The zero-order valence-corrected chi connectivity index (χ0v) is 5.59. The fourth-order valence-electron chi connectivity index (χ4n) is 1.14. The molecule has 0 aliphatic carbocycles. The molecule has 0 spiro atoms. The maximum absolute atomic E-state index is 5.72. The summed E-state index contributed by atoms with van der Waals surface area (Å²) >= 11 is 0. The van der Waals surface area contributed by atoms with Crippen LogP contribution in [0.1, 0.15) is 6.42 Å². The van der Waals surface area contributed by atoms with E-state index >= 15 is 0 Å². The number of rotatable bonds is 2. The minimum absolute atomic E-state index is 0.294. The molecule has 0 amide bonds. The van der Waals surface area contributed by atoms with Crippen molar-refractivity contribution in [2.45, 2.75) is 12.5 Å². The van der Waals surface area contributed by atoms with Gasteiger partial charge in [-0.3, -0.25) is 0 Å². The lowest BCUT2D eigenvalue weighted by atomic mass is 10.0. The molecule has 1 heterocycles. The molecule has 1 radical (unpaired) electrons. The fraction of sp³-hybridized carbons (Fsp3) is 0.714. The van der Waals surface area contributed by atoms with E-state index in [2.05, 4.69) is 11.9 Å². The van der Waals surface area contributed by atoms with E-state index in [0.717, 1.165) is 19.5 Å². The Kier molecular flexibility index (Phi) is 2.25. The summed E-state index contributed by atoms with van der Waals surface area (Å²) in [6.45, 7) is 5.44. The van der Waals surface area contributed by atoms with Crippen LogP contribution in [0.5, 0.6) is 0 Å². The Morgan fingerprint density at radius 1 is 1.67 bits per heavy atom. The van der Waals surface area contributed by atoms with Gasteiger partial charge in [0.05, 0.1) is 0 Å². The summed E-state index contributed by atoms with van der Waals surface area (Å²) in [6, 6.07) is 0.294. The van der Waals surface area contributed by atoms with Crippen LogP contribution in [0.15, 0.2) is 12.7 Å². The molecule has 2 atom stereocenters. The SMILES string of the molecule is C=CCC1C[N]CC1N. The third-order valence-electron chi connectivity index (χ3n) is 1.78. The molecule has 1 rings (SSSR count). The fourth-order valence-corrected chi connectivity index (χ4v) is 1.14. The molecular formula is C7H13N2. The van der Waals surface area contributed by atoms with Gasteiger partial charge in [-0.2, -0.15) is 0 Å². The predicted molar refractivity (Wildman–Crippen MR) is 38.1 cm³/mol. The summed E-state index contributed by atoms with van der Waals surface area (Å²) in [5, 5.41) is 4.19. The van der Waals surface area contributed by atoms with E-state index in [0.29, 0.717) is 12.0 Å². The van der Waals surface area contributed by atoms with Crippen molar-refractivity contribution in [2.75, 3.05) is 13.1 Å². The van der Waals surface area contributed by atoms with Crippen molar-refractivity contribution in [2.24, 2.45) is 11.7 Å². The van der Waals surface area contributed by atoms with Crippen molar-refractivity contribution in [3.8, 4) is 0 Å². The molecule has 51 valence electrons. The van der Waals surface area contributed by atoms with Crippen LogP contribution in [0.2, 0.25) is 0 Å².